The Morgan fingerprint density at radius 3 is 2.44 bits per heavy atom. The number of hydrogen-bond acceptors (Lipinski definition) is 5. The molecule has 0 amide bonds. The van der Waals surface area contributed by atoms with E-state index in [0.29, 0.717) is 24.5 Å². The summed E-state index contributed by atoms with van der Waals surface area (Å²) in [7, 11) is 4.74. The van der Waals surface area contributed by atoms with Crippen molar-refractivity contribution in [3.8, 4) is 23.0 Å². The molecule has 0 aliphatic carbocycles. The highest BCUT2D eigenvalue weighted by Gasteiger charge is 2.25. The van der Waals surface area contributed by atoms with Crippen LogP contribution in [-0.4, -0.2) is 38.7 Å². The third-order valence-electron chi connectivity index (χ3n) is 4.25. The van der Waals surface area contributed by atoms with Gasteiger partial charge in [-0.25, -0.2) is 0 Å². The van der Waals surface area contributed by atoms with E-state index in [0.717, 1.165) is 34.6 Å². The second-order valence-electron chi connectivity index (χ2n) is 5.56. The molecule has 5 nitrogen and oxygen atoms in total. The van der Waals surface area contributed by atoms with Crippen molar-refractivity contribution < 1.29 is 19.3 Å². The minimum absolute atomic E-state index is 0. The van der Waals surface area contributed by atoms with E-state index in [-0.39, 0.29) is 18.2 Å². The average Bonchev–Trinajstić information content (AvgIpc) is 2.62. The number of rotatable bonds is 5. The zero-order chi connectivity index (χ0) is 17.1. The number of phenols is 1. The van der Waals surface area contributed by atoms with Crippen LogP contribution in [0.1, 0.15) is 16.7 Å². The molecule has 0 spiro atoms. The Morgan fingerprint density at radius 1 is 1.04 bits per heavy atom. The standard InChI is InChI=1S/C19H21NO4.ClH/c1-22-15-7-5-4-6-12(15)10-14-17-13(8-9-20-14)11-16(23-2)19(24-3)18(17)21;/h4-7,11,21H,8-10H2,1-3H3;1H. The number of methoxy groups -OCH3 is 3. The number of para-hydroxylation sites is 1. The number of nitrogens with zero attached hydrogens (tertiary/aromatic N) is 1. The first-order valence-corrected chi connectivity index (χ1v) is 7.82. The Bertz CT molecular complexity index is 789. The quantitative estimate of drug-likeness (QED) is 0.884. The van der Waals surface area contributed by atoms with Gasteiger partial charge in [0.15, 0.2) is 11.5 Å². The van der Waals surface area contributed by atoms with Crippen LogP contribution in [0.3, 0.4) is 0 Å². The molecule has 0 atom stereocenters. The summed E-state index contributed by atoms with van der Waals surface area (Å²) in [5.41, 5.74) is 3.62. The minimum atomic E-state index is 0. The molecule has 2 aromatic rings. The molecule has 0 saturated carbocycles. The second-order valence-corrected chi connectivity index (χ2v) is 5.56. The van der Waals surface area contributed by atoms with Gasteiger partial charge in [0.25, 0.3) is 0 Å². The fourth-order valence-corrected chi connectivity index (χ4v) is 3.11. The molecule has 1 heterocycles. The van der Waals surface area contributed by atoms with Crippen molar-refractivity contribution in [2.24, 2.45) is 4.99 Å². The molecule has 3 rings (SSSR count). The molecule has 0 unspecified atom stereocenters. The maximum Gasteiger partial charge on any atom is 0.203 e. The molecule has 0 bridgehead atoms. The van der Waals surface area contributed by atoms with Gasteiger partial charge >= 0.3 is 0 Å². The molecule has 0 saturated heterocycles. The van der Waals surface area contributed by atoms with Crippen LogP contribution in [0.2, 0.25) is 0 Å². The topological polar surface area (TPSA) is 60.3 Å². The van der Waals surface area contributed by atoms with E-state index in [1.54, 1.807) is 14.2 Å². The predicted octanol–water partition coefficient (Wildman–Crippen LogP) is 3.43. The van der Waals surface area contributed by atoms with Gasteiger partial charge in [0.2, 0.25) is 5.75 Å². The molecule has 6 heteroatoms. The third-order valence-corrected chi connectivity index (χ3v) is 4.25. The average molecular weight is 364 g/mol. The summed E-state index contributed by atoms with van der Waals surface area (Å²) in [5.74, 6) is 1.77. The third kappa shape index (κ3) is 3.51. The van der Waals surface area contributed by atoms with Crippen molar-refractivity contribution in [2.75, 3.05) is 27.9 Å². The van der Waals surface area contributed by atoms with Crippen LogP contribution in [0, 0.1) is 0 Å². The van der Waals surface area contributed by atoms with Crippen LogP contribution in [0.15, 0.2) is 35.3 Å². The van der Waals surface area contributed by atoms with Gasteiger partial charge in [0.1, 0.15) is 5.75 Å². The molecule has 1 N–H and O–H groups in total. The number of halogens is 1. The highest BCUT2D eigenvalue weighted by Crippen LogP contribution is 2.43. The van der Waals surface area contributed by atoms with Gasteiger partial charge in [0.05, 0.1) is 27.0 Å². The Hall–Kier alpha value is -2.40. The zero-order valence-corrected chi connectivity index (χ0v) is 15.4. The number of aromatic hydroxyl groups is 1. The molecule has 1 aliphatic rings. The van der Waals surface area contributed by atoms with Gasteiger partial charge in [-0.1, -0.05) is 18.2 Å². The number of phenolic OH excluding ortho intramolecular Hbond substituents is 1. The molecule has 1 aliphatic heterocycles. The van der Waals surface area contributed by atoms with E-state index in [1.807, 2.05) is 30.3 Å². The minimum Gasteiger partial charge on any atom is -0.504 e. The smallest absolute Gasteiger partial charge is 0.203 e. The first kappa shape index (κ1) is 18.9. The Kier molecular flexibility index (Phi) is 6.15. The lowest BCUT2D eigenvalue weighted by atomic mass is 9.92. The maximum absolute atomic E-state index is 10.7. The highest BCUT2D eigenvalue weighted by atomic mass is 35.5. The summed E-state index contributed by atoms with van der Waals surface area (Å²) >= 11 is 0. The monoisotopic (exact) mass is 363 g/mol. The summed E-state index contributed by atoms with van der Waals surface area (Å²) in [6, 6.07) is 9.76. The lowest BCUT2D eigenvalue weighted by Crippen LogP contribution is -2.16. The molecule has 2 aromatic carbocycles. The summed E-state index contributed by atoms with van der Waals surface area (Å²) < 4.78 is 16.1. The van der Waals surface area contributed by atoms with Crippen LogP contribution in [0.4, 0.5) is 0 Å². The van der Waals surface area contributed by atoms with E-state index in [9.17, 15) is 5.11 Å². The number of hydrogen-bond donors (Lipinski definition) is 1. The molecule has 25 heavy (non-hydrogen) atoms. The summed E-state index contributed by atoms with van der Waals surface area (Å²) in [5, 5.41) is 10.7. The SMILES string of the molecule is COc1ccccc1CC1=NCCc2cc(OC)c(OC)c(O)c21.Cl. The largest absolute Gasteiger partial charge is 0.504 e. The van der Waals surface area contributed by atoms with Crippen molar-refractivity contribution >= 4 is 18.1 Å². The van der Waals surface area contributed by atoms with Crippen molar-refractivity contribution in [2.45, 2.75) is 12.8 Å². The van der Waals surface area contributed by atoms with E-state index in [2.05, 4.69) is 4.99 Å². The number of benzene rings is 2. The van der Waals surface area contributed by atoms with Crippen molar-refractivity contribution in [3.05, 3.63) is 47.0 Å². The number of fused-ring (bicyclic) bond motifs is 1. The van der Waals surface area contributed by atoms with Crippen molar-refractivity contribution in [1.29, 1.82) is 0 Å². The number of aliphatic imine (C=N–C) groups is 1. The molecule has 134 valence electrons. The molecule has 0 aromatic heterocycles. The van der Waals surface area contributed by atoms with Crippen molar-refractivity contribution in [3.63, 3.8) is 0 Å². The fraction of sp³-hybridized carbons (Fsp3) is 0.316. The molecule has 0 fully saturated rings. The summed E-state index contributed by atoms with van der Waals surface area (Å²) in [4.78, 5) is 4.64. The Morgan fingerprint density at radius 2 is 1.76 bits per heavy atom. The lowest BCUT2D eigenvalue weighted by molar-refractivity contribution is 0.332. The second kappa shape index (κ2) is 8.12. The van der Waals surface area contributed by atoms with Crippen LogP contribution < -0.4 is 14.2 Å². The highest BCUT2D eigenvalue weighted by molar-refractivity contribution is 6.07. The van der Waals surface area contributed by atoms with Gasteiger partial charge in [-0.3, -0.25) is 4.99 Å². The van der Waals surface area contributed by atoms with E-state index in [1.165, 1.54) is 7.11 Å². The Balaban J connectivity index is 0.00000225. The van der Waals surface area contributed by atoms with Gasteiger partial charge in [-0.2, -0.15) is 0 Å². The van der Waals surface area contributed by atoms with E-state index in [4.69, 9.17) is 14.2 Å². The van der Waals surface area contributed by atoms with E-state index >= 15 is 0 Å². The maximum atomic E-state index is 10.7. The molecule has 0 radical (unpaired) electrons. The summed E-state index contributed by atoms with van der Waals surface area (Å²) in [6.45, 7) is 0.687. The van der Waals surface area contributed by atoms with E-state index < -0.39 is 0 Å². The van der Waals surface area contributed by atoms with Crippen LogP contribution >= 0.6 is 12.4 Å². The normalized spacial score (nSPS) is 12.5. The van der Waals surface area contributed by atoms with Gasteiger partial charge in [-0.05, 0) is 24.1 Å². The summed E-state index contributed by atoms with van der Waals surface area (Å²) in [6.07, 6.45) is 1.35. The van der Waals surface area contributed by atoms with Gasteiger partial charge in [-0.15, -0.1) is 12.4 Å². The Labute approximate surface area is 153 Å². The van der Waals surface area contributed by atoms with Gasteiger partial charge in [0, 0.05) is 24.1 Å². The lowest BCUT2D eigenvalue weighted by Gasteiger charge is -2.22. The van der Waals surface area contributed by atoms with Crippen LogP contribution in [-0.2, 0) is 12.8 Å². The number of ether oxygens (including phenoxy) is 3. The molecular weight excluding hydrogens is 342 g/mol. The molecular formula is C19H22ClNO4. The van der Waals surface area contributed by atoms with Crippen molar-refractivity contribution in [1.82, 2.24) is 0 Å². The van der Waals surface area contributed by atoms with Crippen LogP contribution in [0.25, 0.3) is 0 Å². The predicted molar refractivity (Wildman–Crippen MR) is 100 cm³/mol. The fourth-order valence-electron chi connectivity index (χ4n) is 3.11. The van der Waals surface area contributed by atoms with Gasteiger partial charge < -0.3 is 19.3 Å². The zero-order valence-electron chi connectivity index (χ0n) is 14.5. The first-order valence-electron chi connectivity index (χ1n) is 7.82. The van der Waals surface area contributed by atoms with Crippen LogP contribution in [0.5, 0.6) is 23.0 Å². The first-order chi connectivity index (χ1) is 11.7.